The Kier molecular flexibility index (Phi) is 5.08. The third-order valence-electron chi connectivity index (χ3n) is 1.85. The average molecular weight is 249 g/mol. The van der Waals surface area contributed by atoms with Gasteiger partial charge in [0.15, 0.2) is 0 Å². The van der Waals surface area contributed by atoms with Crippen LogP contribution in [0.25, 0.3) is 0 Å². The molecule has 0 spiro atoms. The lowest BCUT2D eigenvalue weighted by Crippen LogP contribution is -2.08. The molecule has 5 heteroatoms. The lowest BCUT2D eigenvalue weighted by Gasteiger charge is -2.02. The molecule has 0 fully saturated rings. The van der Waals surface area contributed by atoms with Crippen molar-refractivity contribution in [3.8, 4) is 0 Å². The first kappa shape index (κ1) is 12.5. The van der Waals surface area contributed by atoms with Crippen molar-refractivity contribution in [3.63, 3.8) is 0 Å². The molecule has 15 heavy (non-hydrogen) atoms. The number of rotatable bonds is 6. The number of benzene rings is 1. The Bertz CT molecular complexity index is 375. The molecule has 0 unspecified atom stereocenters. The molecule has 1 aromatic rings. The Morgan fingerprint density at radius 2 is 1.80 bits per heavy atom. The van der Waals surface area contributed by atoms with E-state index in [-0.39, 0.29) is 12.4 Å². The Balaban J connectivity index is 2.13. The molecular formula is C10H13ClO3S. The SMILES string of the molecule is O=S(=O)(Cl)CCOCCc1ccccc1. The zero-order chi connectivity index (χ0) is 11.1. The first-order valence-corrected chi connectivity index (χ1v) is 7.10. The molecule has 3 nitrogen and oxygen atoms in total. The van der Waals surface area contributed by atoms with Gasteiger partial charge in [-0.1, -0.05) is 30.3 Å². The summed E-state index contributed by atoms with van der Waals surface area (Å²) in [6, 6.07) is 9.87. The van der Waals surface area contributed by atoms with E-state index in [1.54, 1.807) is 0 Å². The second kappa shape index (κ2) is 6.10. The molecular weight excluding hydrogens is 236 g/mol. The van der Waals surface area contributed by atoms with E-state index in [2.05, 4.69) is 0 Å². The van der Waals surface area contributed by atoms with Crippen molar-refractivity contribution in [2.24, 2.45) is 0 Å². The van der Waals surface area contributed by atoms with Crippen molar-refractivity contribution < 1.29 is 13.2 Å². The van der Waals surface area contributed by atoms with Gasteiger partial charge < -0.3 is 4.74 Å². The summed E-state index contributed by atoms with van der Waals surface area (Å²) in [6.45, 7) is 0.662. The number of hydrogen-bond donors (Lipinski definition) is 0. The second-order valence-corrected chi connectivity index (χ2v) is 5.99. The predicted octanol–water partition coefficient (Wildman–Crippen LogP) is 1.81. The van der Waals surface area contributed by atoms with Gasteiger partial charge in [0.05, 0.1) is 19.0 Å². The van der Waals surface area contributed by atoms with Crippen LogP contribution in [0.1, 0.15) is 5.56 Å². The van der Waals surface area contributed by atoms with E-state index in [0.29, 0.717) is 6.61 Å². The standard InChI is InChI=1S/C10H13ClO3S/c11-15(12,13)9-8-14-7-6-10-4-2-1-3-5-10/h1-5H,6-9H2. The summed E-state index contributed by atoms with van der Waals surface area (Å²) in [4.78, 5) is 0. The topological polar surface area (TPSA) is 43.4 Å². The monoisotopic (exact) mass is 248 g/mol. The molecule has 0 bridgehead atoms. The quantitative estimate of drug-likeness (QED) is 0.570. The summed E-state index contributed by atoms with van der Waals surface area (Å²) in [7, 11) is 1.60. The van der Waals surface area contributed by atoms with Gasteiger partial charge in [-0.15, -0.1) is 0 Å². The van der Waals surface area contributed by atoms with Crippen LogP contribution >= 0.6 is 10.7 Å². The maximum absolute atomic E-state index is 10.5. The minimum absolute atomic E-state index is 0.136. The molecule has 0 heterocycles. The van der Waals surface area contributed by atoms with Crippen LogP contribution < -0.4 is 0 Å². The van der Waals surface area contributed by atoms with E-state index < -0.39 is 9.05 Å². The Morgan fingerprint density at radius 3 is 2.40 bits per heavy atom. The van der Waals surface area contributed by atoms with Gasteiger partial charge in [0.1, 0.15) is 0 Å². The molecule has 0 aromatic heterocycles. The molecule has 0 radical (unpaired) electrons. The molecule has 0 saturated heterocycles. The van der Waals surface area contributed by atoms with Crippen LogP contribution in [-0.4, -0.2) is 27.4 Å². The van der Waals surface area contributed by atoms with Gasteiger partial charge >= 0.3 is 0 Å². The summed E-state index contributed by atoms with van der Waals surface area (Å²) >= 11 is 0. The molecule has 0 aliphatic heterocycles. The van der Waals surface area contributed by atoms with Crippen LogP contribution in [0.3, 0.4) is 0 Å². The van der Waals surface area contributed by atoms with Gasteiger partial charge in [0.2, 0.25) is 9.05 Å². The van der Waals surface area contributed by atoms with Gasteiger partial charge in [-0.25, -0.2) is 8.42 Å². The zero-order valence-electron chi connectivity index (χ0n) is 8.23. The normalized spacial score (nSPS) is 11.5. The Hall–Kier alpha value is -0.580. The maximum atomic E-state index is 10.5. The molecule has 0 saturated carbocycles. The Morgan fingerprint density at radius 1 is 1.13 bits per heavy atom. The molecule has 1 rings (SSSR count). The highest BCUT2D eigenvalue weighted by Crippen LogP contribution is 2.00. The summed E-state index contributed by atoms with van der Waals surface area (Å²) in [6.07, 6.45) is 0.781. The molecule has 0 atom stereocenters. The molecule has 0 aliphatic rings. The van der Waals surface area contributed by atoms with Crippen molar-refractivity contribution in [2.75, 3.05) is 19.0 Å². The smallest absolute Gasteiger partial charge is 0.234 e. The summed E-state index contributed by atoms with van der Waals surface area (Å²) < 4.78 is 26.2. The summed E-state index contributed by atoms with van der Waals surface area (Å²) in [5.74, 6) is -0.136. The highest BCUT2D eigenvalue weighted by atomic mass is 35.7. The number of hydrogen-bond acceptors (Lipinski definition) is 3. The van der Waals surface area contributed by atoms with E-state index >= 15 is 0 Å². The van der Waals surface area contributed by atoms with Crippen LogP contribution in [0.2, 0.25) is 0 Å². The first-order valence-electron chi connectivity index (χ1n) is 4.62. The molecule has 0 aliphatic carbocycles. The van der Waals surface area contributed by atoms with Crippen LogP contribution in [0, 0.1) is 0 Å². The van der Waals surface area contributed by atoms with E-state index in [1.165, 1.54) is 5.56 Å². The maximum Gasteiger partial charge on any atom is 0.234 e. The van der Waals surface area contributed by atoms with Crippen LogP contribution in [0.15, 0.2) is 30.3 Å². The van der Waals surface area contributed by atoms with Crippen LogP contribution in [0.4, 0.5) is 0 Å². The van der Waals surface area contributed by atoms with Crippen LogP contribution in [0.5, 0.6) is 0 Å². The van der Waals surface area contributed by atoms with Crippen molar-refractivity contribution in [2.45, 2.75) is 6.42 Å². The predicted molar refractivity (Wildman–Crippen MR) is 60.6 cm³/mol. The molecule has 0 amide bonds. The fourth-order valence-corrected chi connectivity index (χ4v) is 1.60. The van der Waals surface area contributed by atoms with E-state index in [1.807, 2.05) is 30.3 Å². The fraction of sp³-hybridized carbons (Fsp3) is 0.400. The van der Waals surface area contributed by atoms with Gasteiger partial charge in [0, 0.05) is 10.7 Å². The highest BCUT2D eigenvalue weighted by Gasteiger charge is 2.03. The lowest BCUT2D eigenvalue weighted by molar-refractivity contribution is 0.152. The molecule has 0 N–H and O–H groups in total. The largest absolute Gasteiger partial charge is 0.380 e. The van der Waals surface area contributed by atoms with Gasteiger partial charge in [-0.05, 0) is 12.0 Å². The zero-order valence-corrected chi connectivity index (χ0v) is 9.80. The fourth-order valence-electron chi connectivity index (χ4n) is 1.10. The van der Waals surface area contributed by atoms with Crippen molar-refractivity contribution in [1.82, 2.24) is 0 Å². The highest BCUT2D eigenvalue weighted by molar-refractivity contribution is 8.13. The minimum Gasteiger partial charge on any atom is -0.380 e. The van der Waals surface area contributed by atoms with Gasteiger partial charge in [-0.3, -0.25) is 0 Å². The third kappa shape index (κ3) is 6.49. The van der Waals surface area contributed by atoms with Crippen LogP contribution in [-0.2, 0) is 20.2 Å². The number of halogens is 1. The van der Waals surface area contributed by atoms with E-state index in [0.717, 1.165) is 6.42 Å². The number of ether oxygens (including phenoxy) is 1. The molecule has 84 valence electrons. The third-order valence-corrected chi connectivity index (χ3v) is 2.97. The van der Waals surface area contributed by atoms with E-state index in [9.17, 15) is 8.42 Å². The average Bonchev–Trinajstić information content (AvgIpc) is 2.17. The van der Waals surface area contributed by atoms with E-state index in [4.69, 9.17) is 15.4 Å². The van der Waals surface area contributed by atoms with Crippen molar-refractivity contribution >= 4 is 19.7 Å². The summed E-state index contributed by atoms with van der Waals surface area (Å²) in [5.41, 5.74) is 1.17. The first-order chi connectivity index (χ1) is 7.08. The lowest BCUT2D eigenvalue weighted by atomic mass is 10.2. The minimum atomic E-state index is -3.42. The van der Waals surface area contributed by atoms with Crippen molar-refractivity contribution in [3.05, 3.63) is 35.9 Å². The Labute approximate surface area is 94.4 Å². The summed E-state index contributed by atoms with van der Waals surface area (Å²) in [5, 5.41) is 0. The van der Waals surface area contributed by atoms with Gasteiger partial charge in [-0.2, -0.15) is 0 Å². The van der Waals surface area contributed by atoms with Crippen molar-refractivity contribution in [1.29, 1.82) is 0 Å². The van der Waals surface area contributed by atoms with Gasteiger partial charge in [0.25, 0.3) is 0 Å². The second-order valence-electron chi connectivity index (χ2n) is 3.09. The molecule has 1 aromatic carbocycles.